The van der Waals surface area contributed by atoms with Crippen molar-refractivity contribution in [2.75, 3.05) is 13.7 Å². The van der Waals surface area contributed by atoms with E-state index in [4.69, 9.17) is 11.6 Å². The van der Waals surface area contributed by atoms with E-state index in [1.165, 1.54) is 12.0 Å². The van der Waals surface area contributed by atoms with E-state index < -0.39 is 5.37 Å². The molecule has 4 nitrogen and oxygen atoms in total. The SMILES string of the molecule is COC(=O)CCN(Cc1ccccc1)C(=O)Cl. The maximum absolute atomic E-state index is 11.2. The van der Waals surface area contributed by atoms with E-state index >= 15 is 0 Å². The predicted octanol–water partition coefficient (Wildman–Crippen LogP) is 2.41. The van der Waals surface area contributed by atoms with Gasteiger partial charge in [0.15, 0.2) is 0 Å². The first-order valence-electron chi connectivity index (χ1n) is 5.18. The molecule has 17 heavy (non-hydrogen) atoms. The first-order valence-corrected chi connectivity index (χ1v) is 5.56. The molecule has 0 saturated carbocycles. The Kier molecular flexibility index (Phi) is 5.49. The summed E-state index contributed by atoms with van der Waals surface area (Å²) in [6.07, 6.45) is 0.141. The van der Waals surface area contributed by atoms with Crippen LogP contribution in [-0.4, -0.2) is 29.9 Å². The lowest BCUT2D eigenvalue weighted by Gasteiger charge is -2.18. The number of hydrogen-bond acceptors (Lipinski definition) is 3. The normalized spacial score (nSPS) is 9.76. The highest BCUT2D eigenvalue weighted by atomic mass is 35.5. The maximum atomic E-state index is 11.2. The van der Waals surface area contributed by atoms with Gasteiger partial charge in [-0.15, -0.1) is 0 Å². The smallest absolute Gasteiger partial charge is 0.316 e. The number of ether oxygens (including phenoxy) is 1. The van der Waals surface area contributed by atoms with E-state index in [2.05, 4.69) is 4.74 Å². The number of halogens is 1. The van der Waals surface area contributed by atoms with Crippen LogP contribution in [0.5, 0.6) is 0 Å². The highest BCUT2D eigenvalue weighted by molar-refractivity contribution is 6.62. The van der Waals surface area contributed by atoms with Crippen LogP contribution in [0.3, 0.4) is 0 Å². The molecule has 0 aliphatic carbocycles. The quantitative estimate of drug-likeness (QED) is 0.461. The minimum Gasteiger partial charge on any atom is -0.469 e. The molecule has 0 aliphatic heterocycles. The summed E-state index contributed by atoms with van der Waals surface area (Å²) < 4.78 is 4.51. The highest BCUT2D eigenvalue weighted by Crippen LogP contribution is 2.08. The number of nitrogens with zero attached hydrogens (tertiary/aromatic N) is 1. The molecule has 92 valence electrons. The molecule has 0 heterocycles. The minimum absolute atomic E-state index is 0.141. The second kappa shape index (κ2) is 6.91. The van der Waals surface area contributed by atoms with Gasteiger partial charge in [-0.3, -0.25) is 9.59 Å². The molecule has 5 heteroatoms. The fourth-order valence-corrected chi connectivity index (χ4v) is 1.51. The van der Waals surface area contributed by atoms with Gasteiger partial charge in [0.25, 0.3) is 0 Å². The lowest BCUT2D eigenvalue weighted by Crippen LogP contribution is -2.28. The Morgan fingerprint density at radius 1 is 1.29 bits per heavy atom. The number of methoxy groups -OCH3 is 1. The van der Waals surface area contributed by atoms with Gasteiger partial charge in [0.05, 0.1) is 13.5 Å². The zero-order valence-electron chi connectivity index (χ0n) is 9.56. The second-order valence-corrected chi connectivity index (χ2v) is 3.81. The average Bonchev–Trinajstić information content (AvgIpc) is 2.34. The Hall–Kier alpha value is -1.55. The Labute approximate surface area is 105 Å². The number of rotatable bonds is 5. The number of carbonyl (C=O) groups excluding carboxylic acids is 2. The molecule has 0 saturated heterocycles. The van der Waals surface area contributed by atoms with Gasteiger partial charge in [-0.05, 0) is 17.2 Å². The van der Waals surface area contributed by atoms with E-state index in [9.17, 15) is 9.59 Å². The first kappa shape index (κ1) is 13.5. The van der Waals surface area contributed by atoms with E-state index in [-0.39, 0.29) is 18.9 Å². The molecule has 1 aromatic rings. The molecule has 1 aromatic carbocycles. The molecule has 0 fully saturated rings. The van der Waals surface area contributed by atoms with Crippen LogP contribution in [0.4, 0.5) is 4.79 Å². The second-order valence-electron chi connectivity index (χ2n) is 3.49. The number of amides is 1. The van der Waals surface area contributed by atoms with Crippen molar-refractivity contribution in [3.05, 3.63) is 35.9 Å². The largest absolute Gasteiger partial charge is 0.469 e. The van der Waals surface area contributed by atoms with Gasteiger partial charge < -0.3 is 9.64 Å². The van der Waals surface area contributed by atoms with Crippen LogP contribution in [0, 0.1) is 0 Å². The van der Waals surface area contributed by atoms with Crippen molar-refractivity contribution in [2.24, 2.45) is 0 Å². The van der Waals surface area contributed by atoms with Gasteiger partial charge in [-0.2, -0.15) is 0 Å². The van der Waals surface area contributed by atoms with Crippen molar-refractivity contribution in [3.8, 4) is 0 Å². The molecule has 0 bridgehead atoms. The molecule has 0 N–H and O–H groups in total. The van der Waals surface area contributed by atoms with Crippen LogP contribution in [0.15, 0.2) is 30.3 Å². The third-order valence-electron chi connectivity index (χ3n) is 2.28. The zero-order chi connectivity index (χ0) is 12.7. The van der Waals surface area contributed by atoms with Crippen molar-refractivity contribution in [2.45, 2.75) is 13.0 Å². The van der Waals surface area contributed by atoms with Gasteiger partial charge in [-0.25, -0.2) is 0 Å². The van der Waals surface area contributed by atoms with Crippen molar-refractivity contribution < 1.29 is 14.3 Å². The molecule has 0 radical (unpaired) electrons. The molecular weight excluding hydrogens is 242 g/mol. The number of carbonyl (C=O) groups is 2. The topological polar surface area (TPSA) is 46.6 Å². The van der Waals surface area contributed by atoms with Gasteiger partial charge in [0.1, 0.15) is 0 Å². The maximum Gasteiger partial charge on any atom is 0.316 e. The lowest BCUT2D eigenvalue weighted by molar-refractivity contribution is -0.140. The van der Waals surface area contributed by atoms with E-state index in [0.29, 0.717) is 6.54 Å². The van der Waals surface area contributed by atoms with Gasteiger partial charge >= 0.3 is 11.3 Å². The van der Waals surface area contributed by atoms with Crippen molar-refractivity contribution in [1.29, 1.82) is 0 Å². The van der Waals surface area contributed by atoms with E-state index in [0.717, 1.165) is 5.56 Å². The molecule has 1 rings (SSSR count). The lowest BCUT2D eigenvalue weighted by atomic mass is 10.2. The van der Waals surface area contributed by atoms with Gasteiger partial charge in [0.2, 0.25) is 0 Å². The fourth-order valence-electron chi connectivity index (χ4n) is 1.36. The number of hydrogen-bond donors (Lipinski definition) is 0. The van der Waals surface area contributed by atoms with Crippen LogP contribution in [-0.2, 0) is 16.1 Å². The van der Waals surface area contributed by atoms with Crippen molar-refractivity contribution in [3.63, 3.8) is 0 Å². The summed E-state index contributed by atoms with van der Waals surface area (Å²) in [7, 11) is 1.31. The Balaban J connectivity index is 2.55. The minimum atomic E-state index is -0.572. The van der Waals surface area contributed by atoms with Gasteiger partial charge in [0, 0.05) is 13.1 Å². The molecule has 1 amide bonds. The van der Waals surface area contributed by atoms with Crippen molar-refractivity contribution in [1.82, 2.24) is 4.90 Å². The third-order valence-corrected chi connectivity index (χ3v) is 2.52. The Morgan fingerprint density at radius 2 is 1.94 bits per heavy atom. The van der Waals surface area contributed by atoms with Crippen molar-refractivity contribution >= 4 is 22.9 Å². The molecule has 0 unspecified atom stereocenters. The number of esters is 1. The summed E-state index contributed by atoms with van der Waals surface area (Å²) in [6.45, 7) is 0.643. The molecule has 0 spiro atoms. The average molecular weight is 256 g/mol. The molecule has 0 aromatic heterocycles. The monoisotopic (exact) mass is 255 g/mol. The predicted molar refractivity (Wildman–Crippen MR) is 64.7 cm³/mol. The summed E-state index contributed by atoms with van der Waals surface area (Å²) in [4.78, 5) is 23.6. The van der Waals surface area contributed by atoms with Crippen LogP contribution >= 0.6 is 11.6 Å². The fraction of sp³-hybridized carbons (Fsp3) is 0.333. The van der Waals surface area contributed by atoms with Crippen LogP contribution < -0.4 is 0 Å². The van der Waals surface area contributed by atoms with Gasteiger partial charge in [-0.1, -0.05) is 30.3 Å². The summed E-state index contributed by atoms with van der Waals surface area (Å²) in [5.41, 5.74) is 0.964. The summed E-state index contributed by atoms with van der Waals surface area (Å²) in [5.74, 6) is -0.360. The Morgan fingerprint density at radius 3 is 2.47 bits per heavy atom. The standard InChI is InChI=1S/C12H14ClNO3/c1-17-11(15)7-8-14(12(13)16)9-10-5-3-2-4-6-10/h2-6H,7-9H2,1H3. The first-order chi connectivity index (χ1) is 8.13. The summed E-state index contributed by atoms with van der Waals surface area (Å²) in [6, 6.07) is 9.44. The zero-order valence-corrected chi connectivity index (χ0v) is 10.3. The Bertz CT molecular complexity index is 381. The number of benzene rings is 1. The third kappa shape index (κ3) is 4.87. The highest BCUT2D eigenvalue weighted by Gasteiger charge is 2.13. The van der Waals surface area contributed by atoms with Crippen LogP contribution in [0.1, 0.15) is 12.0 Å². The van der Waals surface area contributed by atoms with E-state index in [1.54, 1.807) is 0 Å². The molecular formula is C12H14ClNO3. The molecule has 0 atom stereocenters. The van der Waals surface area contributed by atoms with Crippen LogP contribution in [0.25, 0.3) is 0 Å². The van der Waals surface area contributed by atoms with Crippen LogP contribution in [0.2, 0.25) is 0 Å². The summed E-state index contributed by atoms with van der Waals surface area (Å²) >= 11 is 5.46. The summed E-state index contributed by atoms with van der Waals surface area (Å²) in [5, 5.41) is -0.572. The van der Waals surface area contributed by atoms with E-state index in [1.807, 2.05) is 30.3 Å². The molecule has 0 aliphatic rings.